The van der Waals surface area contributed by atoms with Crippen LogP contribution in [0, 0.1) is 0 Å². The molecule has 0 saturated carbocycles. The van der Waals surface area contributed by atoms with E-state index in [1.807, 2.05) is 5.38 Å². The van der Waals surface area contributed by atoms with E-state index in [9.17, 15) is 18.3 Å². The van der Waals surface area contributed by atoms with E-state index in [4.69, 9.17) is 0 Å². The van der Waals surface area contributed by atoms with Gasteiger partial charge in [0.05, 0.1) is 0 Å². The van der Waals surface area contributed by atoms with Crippen LogP contribution in [0.3, 0.4) is 0 Å². The highest BCUT2D eigenvalue weighted by Crippen LogP contribution is 2.28. The second-order valence-corrected chi connectivity index (χ2v) is 5.93. The zero-order chi connectivity index (χ0) is 16.7. The van der Waals surface area contributed by atoms with Crippen molar-refractivity contribution in [1.29, 1.82) is 0 Å². The first-order valence-corrected chi connectivity index (χ1v) is 7.50. The molecule has 0 radical (unpaired) electrons. The molecule has 0 fully saturated rings. The summed E-state index contributed by atoms with van der Waals surface area (Å²) in [4.78, 5) is 0. The highest BCUT2D eigenvalue weighted by atomic mass is 32.1. The smallest absolute Gasteiger partial charge is 0.384 e. The van der Waals surface area contributed by atoms with E-state index in [1.165, 1.54) is 23.5 Å². The van der Waals surface area contributed by atoms with Gasteiger partial charge < -0.3 is 10.4 Å². The Kier molecular flexibility index (Phi) is 3.72. The van der Waals surface area contributed by atoms with E-state index in [0.717, 1.165) is 5.56 Å². The molecule has 10 heteroatoms. The number of rotatable bonds is 4. The number of fused-ring (bicyclic) bond motifs is 1. The standard InChI is InChI=1S/C13H12F3N5OS/c1-12(22,8-4-5-23-6-8)7-17-9-2-3-10-18-19-11(13(14,15)16)21(10)20-9/h2-6,22H,7H2,1H3,(H,17,20). The predicted octanol–water partition coefficient (Wildman–Crippen LogP) is 2.52. The third-order valence-corrected chi connectivity index (χ3v) is 3.96. The molecule has 122 valence electrons. The lowest BCUT2D eigenvalue weighted by Gasteiger charge is -2.23. The summed E-state index contributed by atoms with van der Waals surface area (Å²) in [5.41, 5.74) is -0.458. The molecular weight excluding hydrogens is 331 g/mol. The van der Waals surface area contributed by atoms with Gasteiger partial charge in [0.2, 0.25) is 0 Å². The first-order valence-electron chi connectivity index (χ1n) is 6.56. The zero-order valence-corrected chi connectivity index (χ0v) is 12.7. The van der Waals surface area contributed by atoms with Gasteiger partial charge in [-0.05, 0) is 41.4 Å². The van der Waals surface area contributed by atoms with Gasteiger partial charge in [0.25, 0.3) is 5.82 Å². The maximum Gasteiger partial charge on any atom is 0.453 e. The predicted molar refractivity (Wildman–Crippen MR) is 78.2 cm³/mol. The Balaban J connectivity index is 1.84. The van der Waals surface area contributed by atoms with Crippen molar-refractivity contribution in [3.63, 3.8) is 0 Å². The SMILES string of the molecule is CC(O)(CNc1ccc2nnc(C(F)(F)F)n2n1)c1ccsc1. The van der Waals surface area contributed by atoms with Crippen LogP contribution < -0.4 is 5.32 Å². The van der Waals surface area contributed by atoms with E-state index < -0.39 is 17.6 Å². The molecular formula is C13H12F3N5OS. The van der Waals surface area contributed by atoms with Gasteiger partial charge in [0.15, 0.2) is 5.65 Å². The van der Waals surface area contributed by atoms with E-state index in [-0.39, 0.29) is 18.0 Å². The molecule has 0 bridgehead atoms. The lowest BCUT2D eigenvalue weighted by molar-refractivity contribution is -0.146. The molecule has 0 aliphatic carbocycles. The highest BCUT2D eigenvalue weighted by Gasteiger charge is 2.37. The van der Waals surface area contributed by atoms with Gasteiger partial charge in [0, 0.05) is 6.54 Å². The Hall–Kier alpha value is -2.20. The molecule has 2 N–H and O–H groups in total. The summed E-state index contributed by atoms with van der Waals surface area (Å²) in [5.74, 6) is -1.01. The molecule has 0 spiro atoms. The average Bonchev–Trinajstić information content (AvgIpc) is 3.13. The first kappa shape index (κ1) is 15.7. The zero-order valence-electron chi connectivity index (χ0n) is 11.9. The van der Waals surface area contributed by atoms with Crippen LogP contribution in [0.15, 0.2) is 29.0 Å². The van der Waals surface area contributed by atoms with Crippen LogP contribution in [0.2, 0.25) is 0 Å². The molecule has 0 aliphatic heterocycles. The second kappa shape index (κ2) is 5.46. The Morgan fingerprint density at radius 3 is 2.70 bits per heavy atom. The number of aromatic nitrogens is 4. The van der Waals surface area contributed by atoms with Gasteiger partial charge >= 0.3 is 6.18 Å². The molecule has 3 heterocycles. The number of hydrogen-bond acceptors (Lipinski definition) is 6. The molecule has 3 aromatic heterocycles. The van der Waals surface area contributed by atoms with Crippen molar-refractivity contribution in [3.05, 3.63) is 40.3 Å². The van der Waals surface area contributed by atoms with Gasteiger partial charge in [-0.15, -0.1) is 15.3 Å². The monoisotopic (exact) mass is 343 g/mol. The van der Waals surface area contributed by atoms with Gasteiger partial charge in [-0.2, -0.15) is 29.0 Å². The minimum atomic E-state index is -4.65. The molecule has 23 heavy (non-hydrogen) atoms. The molecule has 1 unspecified atom stereocenters. The van der Waals surface area contributed by atoms with Crippen molar-refractivity contribution in [3.8, 4) is 0 Å². The number of anilines is 1. The van der Waals surface area contributed by atoms with Crippen molar-refractivity contribution in [2.24, 2.45) is 0 Å². The van der Waals surface area contributed by atoms with E-state index in [1.54, 1.807) is 18.4 Å². The number of hydrogen-bond donors (Lipinski definition) is 2. The molecule has 3 aromatic rings. The molecule has 0 saturated heterocycles. The van der Waals surface area contributed by atoms with Gasteiger partial charge in [-0.3, -0.25) is 0 Å². The lowest BCUT2D eigenvalue weighted by Crippen LogP contribution is -2.30. The number of nitrogens with one attached hydrogen (secondary N) is 1. The van der Waals surface area contributed by atoms with E-state index >= 15 is 0 Å². The van der Waals surface area contributed by atoms with E-state index in [0.29, 0.717) is 4.52 Å². The van der Waals surface area contributed by atoms with Crippen molar-refractivity contribution in [1.82, 2.24) is 19.8 Å². The average molecular weight is 343 g/mol. The minimum absolute atomic E-state index is 0.00697. The third kappa shape index (κ3) is 3.13. The van der Waals surface area contributed by atoms with Crippen molar-refractivity contribution in [2.75, 3.05) is 11.9 Å². The summed E-state index contributed by atoms with van der Waals surface area (Å²) in [6, 6.07) is 4.63. The molecule has 6 nitrogen and oxygen atoms in total. The summed E-state index contributed by atoms with van der Waals surface area (Å²) in [6.07, 6.45) is -4.65. The van der Waals surface area contributed by atoms with Crippen LogP contribution in [0.1, 0.15) is 18.3 Å². The number of alkyl halides is 3. The van der Waals surface area contributed by atoms with Crippen LogP contribution >= 0.6 is 11.3 Å². The Labute approximate surface area is 132 Å². The van der Waals surface area contributed by atoms with Crippen LogP contribution in [0.5, 0.6) is 0 Å². The largest absolute Gasteiger partial charge is 0.453 e. The fraction of sp³-hybridized carbons (Fsp3) is 0.308. The highest BCUT2D eigenvalue weighted by molar-refractivity contribution is 7.08. The number of aliphatic hydroxyl groups is 1. The maximum atomic E-state index is 12.8. The third-order valence-electron chi connectivity index (χ3n) is 3.27. The second-order valence-electron chi connectivity index (χ2n) is 5.15. The van der Waals surface area contributed by atoms with Crippen molar-refractivity contribution < 1.29 is 18.3 Å². The van der Waals surface area contributed by atoms with E-state index in [2.05, 4.69) is 20.6 Å². The first-order chi connectivity index (χ1) is 10.8. The van der Waals surface area contributed by atoms with Gasteiger partial charge in [-0.25, -0.2) is 0 Å². The van der Waals surface area contributed by atoms with Crippen LogP contribution in [0.25, 0.3) is 5.65 Å². The maximum absolute atomic E-state index is 12.8. The summed E-state index contributed by atoms with van der Waals surface area (Å²) in [7, 11) is 0. The van der Waals surface area contributed by atoms with Crippen molar-refractivity contribution >= 4 is 22.8 Å². The quantitative estimate of drug-likeness (QED) is 0.761. The molecule has 3 rings (SSSR count). The number of nitrogens with zero attached hydrogens (tertiary/aromatic N) is 4. The number of thiophene rings is 1. The summed E-state index contributed by atoms with van der Waals surface area (Å²) >= 11 is 1.45. The van der Waals surface area contributed by atoms with Crippen molar-refractivity contribution in [2.45, 2.75) is 18.7 Å². The number of halogens is 3. The van der Waals surface area contributed by atoms with Crippen LogP contribution in [0.4, 0.5) is 19.0 Å². The Bertz CT molecular complexity index is 813. The lowest BCUT2D eigenvalue weighted by atomic mass is 9.99. The minimum Gasteiger partial charge on any atom is -0.384 e. The molecule has 1 atom stereocenters. The fourth-order valence-electron chi connectivity index (χ4n) is 2.00. The Morgan fingerprint density at radius 2 is 2.04 bits per heavy atom. The molecule has 0 aromatic carbocycles. The summed E-state index contributed by atoms with van der Waals surface area (Å²) < 4.78 is 39.1. The Morgan fingerprint density at radius 1 is 1.26 bits per heavy atom. The van der Waals surface area contributed by atoms with Gasteiger partial charge in [0.1, 0.15) is 11.4 Å². The normalized spacial score (nSPS) is 14.8. The summed E-state index contributed by atoms with van der Waals surface area (Å²) in [6.45, 7) is 1.70. The van der Waals surface area contributed by atoms with Crippen LogP contribution in [-0.4, -0.2) is 31.5 Å². The summed E-state index contributed by atoms with van der Waals surface area (Å²) in [5, 5.41) is 27.2. The fourth-order valence-corrected chi connectivity index (χ4v) is 2.78. The van der Waals surface area contributed by atoms with Gasteiger partial charge in [-0.1, -0.05) is 0 Å². The van der Waals surface area contributed by atoms with Crippen LogP contribution in [-0.2, 0) is 11.8 Å². The molecule has 0 amide bonds. The molecule has 0 aliphatic rings. The topological polar surface area (TPSA) is 75.3 Å².